The lowest BCUT2D eigenvalue weighted by Crippen LogP contribution is -2.44. The van der Waals surface area contributed by atoms with Crippen molar-refractivity contribution in [3.63, 3.8) is 0 Å². The molecule has 2 unspecified atom stereocenters. The van der Waals surface area contributed by atoms with Gasteiger partial charge in [0.1, 0.15) is 11.8 Å². The number of amides is 1. The first kappa shape index (κ1) is 15.9. The minimum absolute atomic E-state index is 0.0584. The summed E-state index contributed by atoms with van der Waals surface area (Å²) in [5.41, 5.74) is -0.139. The summed E-state index contributed by atoms with van der Waals surface area (Å²) in [5, 5.41) is 9.29. The molecule has 1 saturated heterocycles. The van der Waals surface area contributed by atoms with Crippen molar-refractivity contribution in [1.82, 2.24) is 4.90 Å². The summed E-state index contributed by atoms with van der Waals surface area (Å²) < 4.78 is 23.7. The van der Waals surface area contributed by atoms with Gasteiger partial charge in [0, 0.05) is 13.7 Å². The number of likely N-dealkylation sites (tertiary alicyclic amines) is 1. The predicted octanol–water partition coefficient (Wildman–Crippen LogP) is 1.86. The van der Waals surface area contributed by atoms with Crippen LogP contribution in [0.5, 0.6) is 0 Å². The lowest BCUT2D eigenvalue weighted by atomic mass is 10.0. The number of piperidine rings is 1. The maximum absolute atomic E-state index is 13.9. The number of carbonyl (C=O) groups excluding carboxylic acids is 1. The van der Waals surface area contributed by atoms with Crippen LogP contribution in [-0.2, 0) is 9.47 Å². The van der Waals surface area contributed by atoms with Crippen molar-refractivity contribution in [3.8, 4) is 0 Å². The zero-order chi connectivity index (χ0) is 14.6. The van der Waals surface area contributed by atoms with Crippen LogP contribution in [0.15, 0.2) is 11.6 Å². The van der Waals surface area contributed by atoms with Gasteiger partial charge in [-0.15, -0.1) is 0 Å². The van der Waals surface area contributed by atoms with Crippen LogP contribution in [0, 0.1) is 0 Å². The minimum Gasteiger partial charge on any atom is -0.444 e. The fourth-order valence-corrected chi connectivity index (χ4v) is 1.75. The topological polar surface area (TPSA) is 59.0 Å². The Kier molecular flexibility index (Phi) is 5.31. The van der Waals surface area contributed by atoms with E-state index < -0.39 is 24.2 Å². The van der Waals surface area contributed by atoms with Gasteiger partial charge in [0.15, 0.2) is 6.29 Å². The number of alkyl halides is 1. The standard InChI is InChI=1S/C13H22FNO4/c1-13(2,3)19-12(17)15-6-5-9(10(14)8-15)7-11(16)18-4/h7,10-11,16H,5-6,8H2,1-4H3/b9-7+. The first-order valence-electron chi connectivity index (χ1n) is 6.26. The normalized spacial score (nSPS) is 24.4. The number of hydrogen-bond donors (Lipinski definition) is 1. The molecular weight excluding hydrogens is 253 g/mol. The van der Waals surface area contributed by atoms with Gasteiger partial charge in [-0.25, -0.2) is 9.18 Å². The van der Waals surface area contributed by atoms with Gasteiger partial charge in [-0.1, -0.05) is 0 Å². The molecule has 0 aliphatic carbocycles. The smallest absolute Gasteiger partial charge is 0.410 e. The maximum Gasteiger partial charge on any atom is 0.410 e. The molecule has 6 heteroatoms. The predicted molar refractivity (Wildman–Crippen MR) is 68.4 cm³/mol. The zero-order valence-corrected chi connectivity index (χ0v) is 11.9. The van der Waals surface area contributed by atoms with Crippen molar-refractivity contribution in [2.75, 3.05) is 20.2 Å². The van der Waals surface area contributed by atoms with Crippen LogP contribution in [0.3, 0.4) is 0 Å². The second-order valence-corrected chi connectivity index (χ2v) is 5.51. The number of aliphatic hydroxyl groups excluding tert-OH is 1. The van der Waals surface area contributed by atoms with Crippen molar-refractivity contribution in [2.45, 2.75) is 45.3 Å². The number of hydrogen-bond acceptors (Lipinski definition) is 4. The summed E-state index contributed by atoms with van der Waals surface area (Å²) in [6, 6.07) is 0. The molecule has 1 rings (SSSR count). The molecule has 19 heavy (non-hydrogen) atoms. The van der Waals surface area contributed by atoms with Crippen LogP contribution in [0.2, 0.25) is 0 Å². The second kappa shape index (κ2) is 6.34. The summed E-state index contributed by atoms with van der Waals surface area (Å²) >= 11 is 0. The molecule has 5 nitrogen and oxygen atoms in total. The Morgan fingerprint density at radius 3 is 2.68 bits per heavy atom. The minimum atomic E-state index is -1.30. The average molecular weight is 275 g/mol. The number of ether oxygens (including phenoxy) is 2. The van der Waals surface area contributed by atoms with Gasteiger partial charge in [-0.3, -0.25) is 0 Å². The number of carbonyl (C=O) groups is 1. The zero-order valence-electron chi connectivity index (χ0n) is 11.9. The fraction of sp³-hybridized carbons (Fsp3) is 0.769. The Balaban J connectivity index is 2.59. The third-order valence-corrected chi connectivity index (χ3v) is 2.70. The third-order valence-electron chi connectivity index (χ3n) is 2.70. The van der Waals surface area contributed by atoms with E-state index in [0.717, 1.165) is 0 Å². The molecular formula is C13H22FNO4. The van der Waals surface area contributed by atoms with Crippen LogP contribution in [0.25, 0.3) is 0 Å². The van der Waals surface area contributed by atoms with Gasteiger partial charge < -0.3 is 19.5 Å². The van der Waals surface area contributed by atoms with Crippen molar-refractivity contribution in [1.29, 1.82) is 0 Å². The second-order valence-electron chi connectivity index (χ2n) is 5.51. The Bertz CT molecular complexity index is 351. The van der Waals surface area contributed by atoms with Crippen LogP contribution >= 0.6 is 0 Å². The molecule has 0 spiro atoms. The molecule has 0 aromatic rings. The molecule has 110 valence electrons. The summed E-state index contributed by atoms with van der Waals surface area (Å²) in [5.74, 6) is 0. The highest BCUT2D eigenvalue weighted by Gasteiger charge is 2.30. The summed E-state index contributed by atoms with van der Waals surface area (Å²) in [4.78, 5) is 13.1. The van der Waals surface area contributed by atoms with E-state index in [-0.39, 0.29) is 6.54 Å². The van der Waals surface area contributed by atoms with E-state index in [9.17, 15) is 14.3 Å². The molecule has 1 fully saturated rings. The Hall–Kier alpha value is -1.14. The molecule has 1 aliphatic heterocycles. The molecule has 0 aromatic heterocycles. The van der Waals surface area contributed by atoms with Crippen molar-refractivity contribution < 1.29 is 23.8 Å². The molecule has 0 saturated carbocycles. The molecule has 0 radical (unpaired) electrons. The quantitative estimate of drug-likeness (QED) is 0.617. The van der Waals surface area contributed by atoms with Crippen LogP contribution < -0.4 is 0 Å². The van der Waals surface area contributed by atoms with Crippen LogP contribution in [0.1, 0.15) is 27.2 Å². The number of rotatable bonds is 2. The van der Waals surface area contributed by atoms with Gasteiger partial charge in [-0.05, 0) is 38.8 Å². The maximum atomic E-state index is 13.9. The van der Waals surface area contributed by atoms with E-state index in [0.29, 0.717) is 18.5 Å². The van der Waals surface area contributed by atoms with Gasteiger partial charge in [0.05, 0.1) is 6.54 Å². The monoisotopic (exact) mass is 275 g/mol. The fourth-order valence-electron chi connectivity index (χ4n) is 1.75. The SMILES string of the molecule is COC(O)/C=C1\CCN(C(=O)OC(C)(C)C)CC1F. The van der Waals surface area contributed by atoms with Gasteiger partial charge in [-0.2, -0.15) is 0 Å². The number of methoxy groups -OCH3 is 1. The highest BCUT2D eigenvalue weighted by atomic mass is 19.1. The van der Waals surface area contributed by atoms with Crippen LogP contribution in [0.4, 0.5) is 9.18 Å². The summed E-state index contributed by atoms with van der Waals surface area (Å²) in [6.45, 7) is 5.61. The number of aliphatic hydroxyl groups is 1. The van der Waals surface area contributed by atoms with Crippen LogP contribution in [-0.4, -0.2) is 54.4 Å². The first-order chi connectivity index (χ1) is 8.73. The van der Waals surface area contributed by atoms with Crippen molar-refractivity contribution >= 4 is 6.09 Å². The molecule has 1 N–H and O–H groups in total. The van der Waals surface area contributed by atoms with E-state index >= 15 is 0 Å². The largest absolute Gasteiger partial charge is 0.444 e. The third kappa shape index (κ3) is 5.16. The Morgan fingerprint density at radius 1 is 1.58 bits per heavy atom. The highest BCUT2D eigenvalue weighted by Crippen LogP contribution is 2.22. The summed E-state index contributed by atoms with van der Waals surface area (Å²) in [6.07, 6.45) is -1.22. The lowest BCUT2D eigenvalue weighted by molar-refractivity contribution is -0.0372. The molecule has 0 aromatic carbocycles. The van der Waals surface area contributed by atoms with E-state index in [4.69, 9.17) is 4.74 Å². The molecule has 1 aliphatic rings. The molecule has 2 atom stereocenters. The van der Waals surface area contributed by atoms with Gasteiger partial charge in [0.2, 0.25) is 0 Å². The molecule has 1 heterocycles. The Labute approximate surface area is 113 Å². The Morgan fingerprint density at radius 2 is 2.21 bits per heavy atom. The highest BCUT2D eigenvalue weighted by molar-refractivity contribution is 5.68. The number of nitrogens with zero attached hydrogens (tertiary/aromatic N) is 1. The van der Waals surface area contributed by atoms with Crippen molar-refractivity contribution in [2.24, 2.45) is 0 Å². The van der Waals surface area contributed by atoms with Gasteiger partial charge in [0.25, 0.3) is 0 Å². The van der Waals surface area contributed by atoms with E-state index in [1.165, 1.54) is 18.1 Å². The average Bonchev–Trinajstić information content (AvgIpc) is 2.29. The summed E-state index contributed by atoms with van der Waals surface area (Å²) in [7, 11) is 1.34. The molecule has 1 amide bonds. The van der Waals surface area contributed by atoms with E-state index in [2.05, 4.69) is 4.74 Å². The van der Waals surface area contributed by atoms with E-state index in [1.807, 2.05) is 0 Å². The molecule has 0 bridgehead atoms. The van der Waals surface area contributed by atoms with Crippen molar-refractivity contribution in [3.05, 3.63) is 11.6 Å². The van der Waals surface area contributed by atoms with Gasteiger partial charge >= 0.3 is 6.09 Å². The first-order valence-corrected chi connectivity index (χ1v) is 6.26. The van der Waals surface area contributed by atoms with E-state index in [1.54, 1.807) is 20.8 Å². The lowest BCUT2D eigenvalue weighted by Gasteiger charge is -2.32. The number of halogens is 1.